The second-order valence-electron chi connectivity index (χ2n) is 7.20. The molecule has 2 aromatic rings. The number of nitrogens with one attached hydrogen (secondary N) is 1. The Kier molecular flexibility index (Phi) is 7.93. The fourth-order valence-electron chi connectivity index (χ4n) is 3.13. The van der Waals surface area contributed by atoms with Gasteiger partial charge >= 0.3 is 7.05 Å². The summed E-state index contributed by atoms with van der Waals surface area (Å²) in [6.07, 6.45) is 0.144. The first-order chi connectivity index (χ1) is 13.2. The molecule has 0 fully saturated rings. The third-order valence-electron chi connectivity index (χ3n) is 4.53. The van der Waals surface area contributed by atoms with Crippen LogP contribution >= 0.6 is 11.6 Å². The van der Waals surface area contributed by atoms with E-state index in [1.165, 1.54) is 19.0 Å². The minimum absolute atomic E-state index is 0.144. The summed E-state index contributed by atoms with van der Waals surface area (Å²) >= 11 is 5.79. The average molecular weight is 404 g/mol. The molecule has 0 aliphatic rings. The van der Waals surface area contributed by atoms with E-state index in [0.29, 0.717) is 0 Å². The topological polar surface area (TPSA) is 66.4 Å². The number of benzene rings is 2. The van der Waals surface area contributed by atoms with Crippen LogP contribution in [0.25, 0.3) is 0 Å². The summed E-state index contributed by atoms with van der Waals surface area (Å²) in [6, 6.07) is 12.2. The number of carbonyl (C=O) groups excluding carboxylic acids is 2. The quantitative estimate of drug-likeness (QED) is 0.379. The summed E-state index contributed by atoms with van der Waals surface area (Å²) in [5.41, 5.74) is 0.626. The van der Waals surface area contributed by atoms with E-state index in [4.69, 9.17) is 11.6 Å². The van der Waals surface area contributed by atoms with E-state index in [1.807, 2.05) is 44.2 Å². The molecule has 2 rings (SSSR count). The number of halogens is 2. The molecule has 0 aliphatic carbocycles. The molecule has 28 heavy (non-hydrogen) atoms. The molecule has 2 N–H and O–H groups in total. The molecule has 0 aliphatic heterocycles. The van der Waals surface area contributed by atoms with Crippen molar-refractivity contribution in [1.29, 1.82) is 0 Å². The van der Waals surface area contributed by atoms with Crippen LogP contribution in [-0.4, -0.2) is 29.7 Å². The van der Waals surface area contributed by atoms with Crippen LogP contribution < -0.4 is 5.23 Å². The lowest BCUT2D eigenvalue weighted by molar-refractivity contribution is -0.124. The summed E-state index contributed by atoms with van der Waals surface area (Å²) in [5.74, 6) is -2.98. The summed E-state index contributed by atoms with van der Waals surface area (Å²) in [5, 5.41) is 12.7. The summed E-state index contributed by atoms with van der Waals surface area (Å²) in [4.78, 5) is 26.4. The Bertz CT molecular complexity index is 830. The Morgan fingerprint density at radius 3 is 2.36 bits per heavy atom. The van der Waals surface area contributed by atoms with Gasteiger partial charge in [-0.3, -0.25) is 9.59 Å². The van der Waals surface area contributed by atoms with Crippen molar-refractivity contribution in [1.82, 2.24) is 5.23 Å². The van der Waals surface area contributed by atoms with Crippen LogP contribution in [-0.2, 0) is 11.2 Å². The molecule has 0 radical (unpaired) electrons. The smallest absolute Gasteiger partial charge is 0.374 e. The van der Waals surface area contributed by atoms with Crippen LogP contribution in [0.3, 0.4) is 0 Å². The minimum atomic E-state index is -1.09. The Morgan fingerprint density at radius 2 is 1.82 bits per heavy atom. The van der Waals surface area contributed by atoms with Crippen molar-refractivity contribution >= 4 is 30.2 Å². The molecule has 0 aromatic heterocycles. The Hall–Kier alpha value is -2.02. The zero-order valence-corrected chi connectivity index (χ0v) is 16.9. The predicted molar refractivity (Wildman–Crippen MR) is 110 cm³/mol. The van der Waals surface area contributed by atoms with Crippen LogP contribution in [0.4, 0.5) is 4.39 Å². The molecule has 2 unspecified atom stereocenters. The van der Waals surface area contributed by atoms with Gasteiger partial charge in [0.15, 0.2) is 11.6 Å². The van der Waals surface area contributed by atoms with Gasteiger partial charge in [-0.25, -0.2) is 4.39 Å². The van der Waals surface area contributed by atoms with Crippen LogP contribution in [0.5, 0.6) is 0 Å². The predicted octanol–water partition coefficient (Wildman–Crippen LogP) is 3.81. The van der Waals surface area contributed by atoms with Crippen molar-refractivity contribution in [2.24, 2.45) is 11.8 Å². The standard InChI is InChI=1S/C21H24BClFNO3/c1-13(2)19(25-22(3)28)21(27)17(11-14-7-5-4-6-8-14)20(26)16-10-9-15(23)12-18(16)24/h4-10,12-13,17,19,25,28H,11H2,1-3H3. The third-order valence-corrected chi connectivity index (χ3v) is 4.77. The van der Waals surface area contributed by atoms with Gasteiger partial charge in [0.2, 0.25) is 0 Å². The first-order valence-electron chi connectivity index (χ1n) is 9.21. The number of Topliss-reactive ketones (excluding diaryl/α,β-unsaturated/α-hetero) is 2. The lowest BCUT2D eigenvalue weighted by Gasteiger charge is -2.26. The molecular formula is C21H24BClFNO3. The zero-order valence-electron chi connectivity index (χ0n) is 16.2. The van der Waals surface area contributed by atoms with E-state index in [0.717, 1.165) is 11.6 Å². The van der Waals surface area contributed by atoms with Crippen molar-refractivity contribution in [3.05, 3.63) is 70.5 Å². The van der Waals surface area contributed by atoms with E-state index in [9.17, 15) is 19.0 Å². The summed E-state index contributed by atoms with van der Waals surface area (Å²) in [7, 11) is -0.920. The van der Waals surface area contributed by atoms with E-state index in [1.54, 1.807) is 0 Å². The molecular weight excluding hydrogens is 379 g/mol. The lowest BCUT2D eigenvalue weighted by Crippen LogP contribution is -2.51. The first kappa shape index (κ1) is 22.3. The fraction of sp³-hybridized carbons (Fsp3) is 0.333. The van der Waals surface area contributed by atoms with Gasteiger partial charge in [-0.2, -0.15) is 0 Å². The monoisotopic (exact) mass is 403 g/mol. The Labute approximate surface area is 170 Å². The number of hydrogen-bond donors (Lipinski definition) is 2. The summed E-state index contributed by atoms with van der Waals surface area (Å²) < 4.78 is 14.4. The first-order valence-corrected chi connectivity index (χ1v) is 9.59. The molecule has 0 bridgehead atoms. The molecule has 148 valence electrons. The van der Waals surface area contributed by atoms with Crippen LogP contribution in [0.2, 0.25) is 11.8 Å². The number of rotatable bonds is 9. The largest absolute Gasteiger partial charge is 0.437 e. The average Bonchev–Trinajstić information content (AvgIpc) is 2.63. The van der Waals surface area contributed by atoms with Crippen LogP contribution in [0.15, 0.2) is 48.5 Å². The molecule has 0 amide bonds. The molecule has 2 atom stereocenters. The van der Waals surface area contributed by atoms with Gasteiger partial charge in [0.1, 0.15) is 5.82 Å². The highest BCUT2D eigenvalue weighted by atomic mass is 35.5. The second-order valence-corrected chi connectivity index (χ2v) is 7.63. The van der Waals surface area contributed by atoms with Crippen molar-refractivity contribution in [3.8, 4) is 0 Å². The highest BCUT2D eigenvalue weighted by Crippen LogP contribution is 2.23. The van der Waals surface area contributed by atoms with Gasteiger partial charge in [-0.05, 0) is 42.9 Å². The molecule has 0 spiro atoms. The third kappa shape index (κ3) is 5.74. The fourth-order valence-corrected chi connectivity index (χ4v) is 3.29. The van der Waals surface area contributed by atoms with Gasteiger partial charge in [0, 0.05) is 5.02 Å². The number of carbonyl (C=O) groups is 2. The van der Waals surface area contributed by atoms with E-state index < -0.39 is 30.6 Å². The molecule has 0 saturated heterocycles. The maximum absolute atomic E-state index is 14.4. The van der Waals surface area contributed by atoms with Gasteiger partial charge in [0.25, 0.3) is 0 Å². The van der Waals surface area contributed by atoms with Gasteiger partial charge in [0.05, 0.1) is 17.5 Å². The van der Waals surface area contributed by atoms with Crippen molar-refractivity contribution < 1.29 is 19.0 Å². The van der Waals surface area contributed by atoms with Crippen molar-refractivity contribution in [2.75, 3.05) is 0 Å². The molecule has 0 saturated carbocycles. The highest BCUT2D eigenvalue weighted by Gasteiger charge is 2.36. The van der Waals surface area contributed by atoms with Crippen LogP contribution in [0, 0.1) is 17.7 Å². The van der Waals surface area contributed by atoms with Crippen molar-refractivity contribution in [3.63, 3.8) is 0 Å². The highest BCUT2D eigenvalue weighted by molar-refractivity contribution is 6.46. The lowest BCUT2D eigenvalue weighted by atomic mass is 9.78. The van der Waals surface area contributed by atoms with Crippen LogP contribution in [0.1, 0.15) is 29.8 Å². The summed E-state index contributed by atoms with van der Waals surface area (Å²) in [6.45, 7) is 5.16. The number of hydrogen-bond acceptors (Lipinski definition) is 4. The molecule has 0 heterocycles. The maximum Gasteiger partial charge on any atom is 0.374 e. The molecule has 4 nitrogen and oxygen atoms in total. The maximum atomic E-state index is 14.4. The Morgan fingerprint density at radius 1 is 1.18 bits per heavy atom. The van der Waals surface area contributed by atoms with E-state index in [2.05, 4.69) is 5.23 Å². The Balaban J connectivity index is 2.43. The normalized spacial score (nSPS) is 13.2. The zero-order chi connectivity index (χ0) is 20.8. The van der Waals surface area contributed by atoms with Gasteiger partial charge in [-0.15, -0.1) is 0 Å². The van der Waals surface area contributed by atoms with Crippen molar-refractivity contribution in [2.45, 2.75) is 33.1 Å². The van der Waals surface area contributed by atoms with Gasteiger partial charge in [-0.1, -0.05) is 55.8 Å². The van der Waals surface area contributed by atoms with E-state index >= 15 is 0 Å². The molecule has 7 heteroatoms. The molecule has 2 aromatic carbocycles. The van der Waals surface area contributed by atoms with Gasteiger partial charge < -0.3 is 10.3 Å². The number of ketones is 2. The SMILES string of the molecule is CB(O)NC(C(=O)C(Cc1ccccc1)C(=O)c1ccc(Cl)cc1F)C(C)C. The van der Waals surface area contributed by atoms with E-state index in [-0.39, 0.29) is 28.7 Å². The minimum Gasteiger partial charge on any atom is -0.437 e. The second kappa shape index (κ2) is 9.96.